The van der Waals surface area contributed by atoms with E-state index in [1.807, 2.05) is 0 Å². The quantitative estimate of drug-likeness (QED) is 0.644. The third-order valence-corrected chi connectivity index (χ3v) is 2.82. The summed E-state index contributed by atoms with van der Waals surface area (Å²) in [4.78, 5) is 41.0. The highest BCUT2D eigenvalue weighted by molar-refractivity contribution is 6.34. The number of non-ortho nitro benzene ring substituents is 1. The number of nitro benzene ring substituents is 1. The number of hydrazine groups is 1. The predicted octanol–water partition coefficient (Wildman–Crippen LogP) is 1.11. The standard InChI is InChI=1S/C12H8ClN5O4/c13-9-2-1-7(18(21)22)5-8(9)11(19)16-17-12(20)10-6-14-3-4-15-10/h1-6H,(H,16,19)(H,17,20). The number of hydrogen-bond acceptors (Lipinski definition) is 6. The largest absolute Gasteiger partial charge is 0.289 e. The minimum atomic E-state index is -0.800. The number of halogens is 1. The van der Waals surface area contributed by atoms with Crippen LogP contribution in [0.25, 0.3) is 0 Å². The lowest BCUT2D eigenvalue weighted by atomic mass is 10.2. The Morgan fingerprint density at radius 3 is 2.55 bits per heavy atom. The van der Waals surface area contributed by atoms with Crippen molar-refractivity contribution in [2.24, 2.45) is 0 Å². The molecule has 0 fully saturated rings. The van der Waals surface area contributed by atoms with Crippen molar-refractivity contribution in [1.29, 1.82) is 0 Å². The number of aromatic nitrogens is 2. The summed E-state index contributed by atoms with van der Waals surface area (Å²) >= 11 is 5.81. The van der Waals surface area contributed by atoms with Crippen LogP contribution in [0.4, 0.5) is 5.69 Å². The van der Waals surface area contributed by atoms with Crippen LogP contribution >= 0.6 is 11.6 Å². The maximum absolute atomic E-state index is 11.9. The molecule has 1 aromatic carbocycles. The van der Waals surface area contributed by atoms with E-state index in [0.717, 1.165) is 12.1 Å². The Bertz CT molecular complexity index is 738. The van der Waals surface area contributed by atoms with E-state index in [-0.39, 0.29) is 22.0 Å². The first kappa shape index (κ1) is 15.3. The van der Waals surface area contributed by atoms with Crippen LogP contribution in [0, 0.1) is 10.1 Å². The fourth-order valence-corrected chi connectivity index (χ4v) is 1.67. The zero-order valence-corrected chi connectivity index (χ0v) is 11.6. The number of benzene rings is 1. The van der Waals surface area contributed by atoms with Crippen LogP contribution in [0.3, 0.4) is 0 Å². The van der Waals surface area contributed by atoms with Gasteiger partial charge in [0.1, 0.15) is 5.69 Å². The van der Waals surface area contributed by atoms with Gasteiger partial charge < -0.3 is 0 Å². The van der Waals surface area contributed by atoms with Crippen LogP contribution in [0.5, 0.6) is 0 Å². The Morgan fingerprint density at radius 1 is 1.18 bits per heavy atom. The molecule has 2 amide bonds. The molecule has 0 bridgehead atoms. The van der Waals surface area contributed by atoms with Crippen molar-refractivity contribution >= 4 is 29.1 Å². The van der Waals surface area contributed by atoms with Gasteiger partial charge in [-0.2, -0.15) is 0 Å². The summed E-state index contributed by atoms with van der Waals surface area (Å²) in [5.41, 5.74) is 3.75. The fourth-order valence-electron chi connectivity index (χ4n) is 1.46. The smallest absolute Gasteiger partial charge is 0.267 e. The third kappa shape index (κ3) is 3.52. The number of nitro groups is 1. The second-order valence-electron chi connectivity index (χ2n) is 3.92. The van der Waals surface area contributed by atoms with Crippen LogP contribution in [0.15, 0.2) is 36.8 Å². The van der Waals surface area contributed by atoms with Gasteiger partial charge in [0.15, 0.2) is 0 Å². The van der Waals surface area contributed by atoms with Crippen molar-refractivity contribution < 1.29 is 14.5 Å². The second kappa shape index (κ2) is 6.59. The fraction of sp³-hybridized carbons (Fsp3) is 0. The number of amides is 2. The Kier molecular flexibility index (Phi) is 4.59. The zero-order valence-electron chi connectivity index (χ0n) is 10.8. The number of carbonyl (C=O) groups is 2. The molecule has 0 aliphatic rings. The van der Waals surface area contributed by atoms with Crippen LogP contribution in [-0.2, 0) is 0 Å². The molecule has 2 aromatic rings. The lowest BCUT2D eigenvalue weighted by molar-refractivity contribution is -0.384. The van der Waals surface area contributed by atoms with E-state index in [4.69, 9.17) is 11.6 Å². The molecule has 2 N–H and O–H groups in total. The van der Waals surface area contributed by atoms with Crippen LogP contribution in [0.1, 0.15) is 20.8 Å². The highest BCUT2D eigenvalue weighted by atomic mass is 35.5. The molecule has 9 nitrogen and oxygen atoms in total. The lowest BCUT2D eigenvalue weighted by Gasteiger charge is -2.07. The molecule has 0 aliphatic heterocycles. The molecule has 0 aliphatic carbocycles. The van der Waals surface area contributed by atoms with E-state index in [1.165, 1.54) is 24.7 Å². The molecular weight excluding hydrogens is 314 g/mol. The molecule has 0 saturated carbocycles. The van der Waals surface area contributed by atoms with Gasteiger partial charge in [0, 0.05) is 24.5 Å². The Labute approximate surface area is 128 Å². The number of carbonyl (C=O) groups excluding carboxylic acids is 2. The molecule has 10 heteroatoms. The normalized spacial score (nSPS) is 9.86. The van der Waals surface area contributed by atoms with Gasteiger partial charge >= 0.3 is 0 Å². The zero-order chi connectivity index (χ0) is 16.1. The van der Waals surface area contributed by atoms with Crippen LogP contribution in [-0.4, -0.2) is 26.7 Å². The maximum atomic E-state index is 11.9. The van der Waals surface area contributed by atoms with E-state index >= 15 is 0 Å². The van der Waals surface area contributed by atoms with Gasteiger partial charge in [-0.1, -0.05) is 11.6 Å². The van der Waals surface area contributed by atoms with E-state index < -0.39 is 16.7 Å². The van der Waals surface area contributed by atoms with Crippen molar-refractivity contribution in [2.45, 2.75) is 0 Å². The first-order valence-corrected chi connectivity index (χ1v) is 6.17. The molecule has 0 unspecified atom stereocenters. The Morgan fingerprint density at radius 2 is 1.91 bits per heavy atom. The summed E-state index contributed by atoms with van der Waals surface area (Å²) in [5, 5.41) is 10.7. The van der Waals surface area contributed by atoms with E-state index in [0.29, 0.717) is 0 Å². The number of nitrogens with zero attached hydrogens (tertiary/aromatic N) is 3. The summed E-state index contributed by atoms with van der Waals surface area (Å²) in [5.74, 6) is -1.49. The highest BCUT2D eigenvalue weighted by Crippen LogP contribution is 2.21. The van der Waals surface area contributed by atoms with Crippen molar-refractivity contribution in [2.75, 3.05) is 0 Å². The lowest BCUT2D eigenvalue weighted by Crippen LogP contribution is -2.42. The molecular formula is C12H8ClN5O4. The van der Waals surface area contributed by atoms with Crippen molar-refractivity contribution in [3.63, 3.8) is 0 Å². The first-order valence-electron chi connectivity index (χ1n) is 5.79. The Hall–Kier alpha value is -3.07. The topological polar surface area (TPSA) is 127 Å². The molecule has 0 radical (unpaired) electrons. The van der Waals surface area contributed by atoms with Gasteiger partial charge in [0.2, 0.25) is 0 Å². The average Bonchev–Trinajstić information content (AvgIpc) is 2.53. The first-order chi connectivity index (χ1) is 10.5. The molecule has 2 rings (SSSR count). The minimum Gasteiger partial charge on any atom is -0.267 e. The van der Waals surface area contributed by atoms with E-state index in [2.05, 4.69) is 20.8 Å². The number of hydrogen-bond donors (Lipinski definition) is 2. The number of nitrogens with one attached hydrogen (secondary N) is 2. The molecule has 0 saturated heterocycles. The Balaban J connectivity index is 2.08. The average molecular weight is 322 g/mol. The van der Waals surface area contributed by atoms with Crippen LogP contribution < -0.4 is 10.9 Å². The predicted molar refractivity (Wildman–Crippen MR) is 75.1 cm³/mol. The summed E-state index contributed by atoms with van der Waals surface area (Å²) in [6.45, 7) is 0. The molecule has 0 spiro atoms. The van der Waals surface area contributed by atoms with Gasteiger partial charge in [0.25, 0.3) is 17.5 Å². The minimum absolute atomic E-state index is 0.00654. The van der Waals surface area contributed by atoms with Gasteiger partial charge in [-0.05, 0) is 6.07 Å². The van der Waals surface area contributed by atoms with Gasteiger partial charge in [0.05, 0.1) is 21.7 Å². The maximum Gasteiger partial charge on any atom is 0.289 e. The van der Waals surface area contributed by atoms with Crippen molar-refractivity contribution in [3.8, 4) is 0 Å². The highest BCUT2D eigenvalue weighted by Gasteiger charge is 2.16. The summed E-state index contributed by atoms with van der Waals surface area (Å²) < 4.78 is 0. The summed E-state index contributed by atoms with van der Waals surface area (Å²) in [6.07, 6.45) is 3.91. The van der Waals surface area contributed by atoms with Crippen LogP contribution in [0.2, 0.25) is 5.02 Å². The van der Waals surface area contributed by atoms with E-state index in [1.54, 1.807) is 0 Å². The monoisotopic (exact) mass is 321 g/mol. The number of rotatable bonds is 3. The van der Waals surface area contributed by atoms with Gasteiger partial charge in [-0.25, -0.2) is 4.98 Å². The third-order valence-electron chi connectivity index (χ3n) is 2.49. The SMILES string of the molecule is O=C(NNC(=O)c1cc([N+](=O)[O-])ccc1Cl)c1cnccn1. The molecule has 1 aromatic heterocycles. The molecule has 22 heavy (non-hydrogen) atoms. The van der Waals surface area contributed by atoms with Gasteiger partial charge in [-0.3, -0.25) is 35.5 Å². The van der Waals surface area contributed by atoms with E-state index in [9.17, 15) is 19.7 Å². The molecule has 112 valence electrons. The second-order valence-corrected chi connectivity index (χ2v) is 4.33. The van der Waals surface area contributed by atoms with Crippen molar-refractivity contribution in [1.82, 2.24) is 20.8 Å². The molecule has 1 heterocycles. The summed E-state index contributed by atoms with van der Waals surface area (Å²) in [7, 11) is 0. The molecule has 0 atom stereocenters. The van der Waals surface area contributed by atoms with Crippen molar-refractivity contribution in [3.05, 3.63) is 63.2 Å². The van der Waals surface area contributed by atoms with Gasteiger partial charge in [-0.15, -0.1) is 0 Å². The summed E-state index contributed by atoms with van der Waals surface area (Å²) in [6, 6.07) is 3.39.